The minimum atomic E-state index is -0.588. The van der Waals surface area contributed by atoms with Crippen LogP contribution in [0.1, 0.15) is 121 Å². The third kappa shape index (κ3) is 5.92. The standard InChI is InChI=1S/C37H63NO4.C2H4N4O/c1-22(2)25(6)32(7)16-17-34(9)26-12-13-28-33(8)19-41-21-37(28,27(26)14-15-35(34,10)29(32)31(39)40)18-24(5)30(33)42-20-36(11,38)23(3)4;7-1-2-3-5-6-4-2/h14,22-26,28-30H,12-13,15-21,38H2,1-11H3,(H,39,40);7H,1H2,(H,3,4,5,6)/t24-,25-,26+,28+,29-,30+,32-,33+,34-,35+,36+,37+;/m1./s1. The van der Waals surface area contributed by atoms with Gasteiger partial charge in [-0.05, 0) is 97.2 Å². The van der Waals surface area contributed by atoms with Gasteiger partial charge in [-0.2, -0.15) is 5.21 Å². The van der Waals surface area contributed by atoms with Gasteiger partial charge in [0.25, 0.3) is 0 Å². The van der Waals surface area contributed by atoms with Crippen LogP contribution < -0.4 is 5.73 Å². The average molecular weight is 686 g/mol. The summed E-state index contributed by atoms with van der Waals surface area (Å²) in [5.41, 5.74) is 7.38. The summed E-state index contributed by atoms with van der Waals surface area (Å²) in [6.07, 6.45) is 9.03. The van der Waals surface area contributed by atoms with Gasteiger partial charge < -0.3 is 25.4 Å². The monoisotopic (exact) mass is 686 g/mol. The van der Waals surface area contributed by atoms with Gasteiger partial charge in [0, 0.05) is 16.4 Å². The number of hydrogen-bond acceptors (Lipinski definition) is 8. The first kappa shape index (κ1) is 38.4. The number of tetrazole rings is 1. The Hall–Kier alpha value is -1.88. The number of nitrogens with two attached hydrogens (primary N) is 1. The molecule has 4 aliphatic carbocycles. The second kappa shape index (κ2) is 13.3. The lowest BCUT2D eigenvalue weighted by molar-refractivity contribution is -0.253. The number of carboxylic acids is 1. The fourth-order valence-corrected chi connectivity index (χ4v) is 12.1. The predicted molar refractivity (Wildman–Crippen MR) is 190 cm³/mol. The van der Waals surface area contributed by atoms with E-state index in [4.69, 9.17) is 20.3 Å². The fraction of sp³-hybridized carbons (Fsp3) is 0.897. The highest BCUT2D eigenvalue weighted by atomic mass is 16.5. The minimum Gasteiger partial charge on any atom is -0.481 e. The van der Waals surface area contributed by atoms with E-state index >= 15 is 0 Å². The number of hydrogen-bond donors (Lipinski definition) is 4. The first-order chi connectivity index (χ1) is 22.7. The van der Waals surface area contributed by atoms with Crippen molar-refractivity contribution in [2.45, 2.75) is 133 Å². The number of aliphatic hydroxyl groups excluding tert-OH is 1. The second-order valence-electron chi connectivity index (χ2n) is 18.9. The van der Waals surface area contributed by atoms with E-state index in [-0.39, 0.29) is 51.2 Å². The van der Waals surface area contributed by atoms with Crippen LogP contribution in [0.5, 0.6) is 0 Å². The predicted octanol–water partition coefficient (Wildman–Crippen LogP) is 6.66. The number of H-pyrrole nitrogens is 1. The van der Waals surface area contributed by atoms with Crippen LogP contribution >= 0.6 is 0 Å². The zero-order chi connectivity index (χ0) is 36.4. The maximum atomic E-state index is 13.3. The van der Waals surface area contributed by atoms with Gasteiger partial charge in [0.1, 0.15) is 6.61 Å². The van der Waals surface area contributed by atoms with Crippen LogP contribution in [0.2, 0.25) is 0 Å². The molecule has 1 saturated heterocycles. The molecule has 0 spiro atoms. The number of rotatable bonds is 8. The molecule has 0 amide bonds. The van der Waals surface area contributed by atoms with Crippen molar-refractivity contribution in [3.05, 3.63) is 17.5 Å². The summed E-state index contributed by atoms with van der Waals surface area (Å²) in [6.45, 7) is 27.2. The van der Waals surface area contributed by atoms with Crippen LogP contribution in [0, 0.1) is 68.5 Å². The minimum absolute atomic E-state index is 0.0221. The lowest BCUT2D eigenvalue weighted by Crippen LogP contribution is -2.69. The van der Waals surface area contributed by atoms with Crippen LogP contribution in [0.25, 0.3) is 0 Å². The highest BCUT2D eigenvalue weighted by Gasteiger charge is 2.71. The van der Waals surface area contributed by atoms with E-state index in [1.54, 1.807) is 5.57 Å². The largest absolute Gasteiger partial charge is 0.481 e. The Bertz CT molecular complexity index is 1370. The van der Waals surface area contributed by atoms with Crippen molar-refractivity contribution < 1.29 is 24.5 Å². The lowest BCUT2D eigenvalue weighted by Gasteiger charge is -2.71. The Kier molecular flexibility index (Phi) is 10.4. The second-order valence-corrected chi connectivity index (χ2v) is 18.9. The molecule has 4 fully saturated rings. The number of aromatic amines is 1. The van der Waals surface area contributed by atoms with Gasteiger partial charge in [0.2, 0.25) is 0 Å². The van der Waals surface area contributed by atoms with E-state index in [1.807, 2.05) is 0 Å². The van der Waals surface area contributed by atoms with Gasteiger partial charge in [-0.1, -0.05) is 86.1 Å². The molecule has 2 bridgehead atoms. The van der Waals surface area contributed by atoms with Gasteiger partial charge in [-0.25, -0.2) is 0 Å². The van der Waals surface area contributed by atoms with Crippen molar-refractivity contribution in [2.75, 3.05) is 19.8 Å². The van der Waals surface area contributed by atoms with E-state index in [9.17, 15) is 9.90 Å². The molecule has 0 aromatic carbocycles. The number of aliphatic carboxylic acids is 1. The Morgan fingerprint density at radius 1 is 1.12 bits per heavy atom. The molecule has 12 atom stereocenters. The Morgan fingerprint density at radius 2 is 1.82 bits per heavy atom. The van der Waals surface area contributed by atoms with Crippen LogP contribution in [0.15, 0.2) is 11.6 Å². The van der Waals surface area contributed by atoms with E-state index in [2.05, 4.69) is 103 Å². The average Bonchev–Trinajstić information content (AvgIpc) is 3.55. The van der Waals surface area contributed by atoms with Gasteiger partial charge in [0.05, 0.1) is 31.8 Å². The van der Waals surface area contributed by atoms with Crippen molar-refractivity contribution in [3.63, 3.8) is 0 Å². The Balaban J connectivity index is 0.000000595. The number of nitrogens with one attached hydrogen (secondary N) is 1. The number of aromatic nitrogens is 4. The number of allylic oxidation sites excluding steroid dienone is 1. The van der Waals surface area contributed by atoms with E-state index in [0.29, 0.717) is 47.9 Å². The van der Waals surface area contributed by atoms with Gasteiger partial charge >= 0.3 is 5.97 Å². The number of aliphatic hydroxyl groups is 1. The number of fused-ring (bicyclic) bond motifs is 3. The van der Waals surface area contributed by atoms with Crippen molar-refractivity contribution in [2.24, 2.45) is 74.2 Å². The van der Waals surface area contributed by atoms with Crippen molar-refractivity contribution >= 4 is 5.97 Å². The summed E-state index contributed by atoms with van der Waals surface area (Å²) >= 11 is 0. The molecule has 49 heavy (non-hydrogen) atoms. The molecular formula is C39H67N5O5. The molecule has 2 heterocycles. The molecule has 1 aromatic heterocycles. The molecule has 0 unspecified atom stereocenters. The summed E-state index contributed by atoms with van der Waals surface area (Å²) in [6, 6.07) is 0. The van der Waals surface area contributed by atoms with E-state index in [0.717, 1.165) is 45.3 Å². The zero-order valence-corrected chi connectivity index (χ0v) is 32.3. The van der Waals surface area contributed by atoms with Gasteiger partial charge in [0.15, 0.2) is 5.82 Å². The van der Waals surface area contributed by atoms with Gasteiger partial charge in [-0.15, -0.1) is 10.2 Å². The maximum absolute atomic E-state index is 13.3. The first-order valence-corrected chi connectivity index (χ1v) is 19.0. The molecule has 6 rings (SSSR count). The van der Waals surface area contributed by atoms with Crippen LogP contribution in [0.4, 0.5) is 0 Å². The highest BCUT2D eigenvalue weighted by Crippen LogP contribution is 2.75. The van der Waals surface area contributed by atoms with Crippen LogP contribution in [-0.4, -0.2) is 68.3 Å². The quantitative estimate of drug-likeness (QED) is 0.220. The highest BCUT2D eigenvalue weighted by molar-refractivity contribution is 5.73. The zero-order valence-electron chi connectivity index (χ0n) is 32.3. The summed E-state index contributed by atoms with van der Waals surface area (Å²) in [5.74, 6) is 1.89. The molecule has 1 aliphatic heterocycles. The molecule has 3 saturated carbocycles. The third-order valence-corrected chi connectivity index (χ3v) is 15.8. The molecular weight excluding hydrogens is 618 g/mol. The summed E-state index contributed by atoms with van der Waals surface area (Å²) in [5, 5.41) is 31.4. The van der Waals surface area contributed by atoms with E-state index in [1.165, 1.54) is 6.42 Å². The lowest BCUT2D eigenvalue weighted by atomic mass is 9.34. The molecule has 278 valence electrons. The molecule has 0 radical (unpaired) electrons. The molecule has 10 nitrogen and oxygen atoms in total. The molecule has 1 aromatic rings. The number of carboxylic acid groups (broad SMARTS) is 1. The fourth-order valence-electron chi connectivity index (χ4n) is 12.1. The summed E-state index contributed by atoms with van der Waals surface area (Å²) < 4.78 is 13.4. The Morgan fingerprint density at radius 3 is 2.37 bits per heavy atom. The topological polar surface area (TPSA) is 156 Å². The smallest absolute Gasteiger partial charge is 0.307 e. The molecule has 5 aliphatic rings. The number of carbonyl (C=O) groups is 1. The summed E-state index contributed by atoms with van der Waals surface area (Å²) in [7, 11) is 0. The van der Waals surface area contributed by atoms with Crippen molar-refractivity contribution in [1.82, 2.24) is 20.6 Å². The van der Waals surface area contributed by atoms with Gasteiger partial charge in [-0.3, -0.25) is 4.79 Å². The van der Waals surface area contributed by atoms with Crippen molar-refractivity contribution in [3.8, 4) is 0 Å². The molecule has 10 heteroatoms. The van der Waals surface area contributed by atoms with Crippen LogP contribution in [0.3, 0.4) is 0 Å². The number of ether oxygens (including phenoxy) is 2. The SMILES string of the molecule is CC(C)[C@@H](C)[C@@]1(C)CC[C@]2(C)[C@H]3CC[C@@H]4[C@@]5(COC[C@]4(C)[C@@H](OC[C@](C)(N)C(C)C)[C@H](C)C5)C3=CC[C@@]2(C)[C@@H]1C(=O)O.OCc1nn[nH]n1. The van der Waals surface area contributed by atoms with Crippen molar-refractivity contribution in [1.29, 1.82) is 0 Å². The summed E-state index contributed by atoms with van der Waals surface area (Å²) in [4.78, 5) is 13.3. The molecule has 5 N–H and O–H groups in total. The third-order valence-electron chi connectivity index (χ3n) is 15.8. The Labute approximate surface area is 295 Å². The number of nitrogens with zero attached hydrogens (tertiary/aromatic N) is 3. The van der Waals surface area contributed by atoms with Crippen LogP contribution in [-0.2, 0) is 20.9 Å². The van der Waals surface area contributed by atoms with E-state index < -0.39 is 5.97 Å². The maximum Gasteiger partial charge on any atom is 0.307 e. The first-order valence-electron chi connectivity index (χ1n) is 19.0. The normalized spacial score (nSPS) is 43.2.